The van der Waals surface area contributed by atoms with E-state index >= 15 is 0 Å². The van der Waals surface area contributed by atoms with Crippen LogP contribution in [0.5, 0.6) is 5.75 Å². The molecule has 1 aromatic rings. The molecule has 0 amide bonds. The first-order valence-corrected chi connectivity index (χ1v) is 5.65. The van der Waals surface area contributed by atoms with Gasteiger partial charge in [0, 0.05) is 0 Å². The van der Waals surface area contributed by atoms with Crippen LogP contribution < -0.4 is 4.74 Å². The maximum Gasteiger partial charge on any atom is 0.119 e. The zero-order chi connectivity index (χ0) is 12.7. The minimum Gasteiger partial charge on any atom is -0.489 e. The van der Waals surface area contributed by atoms with Crippen molar-refractivity contribution < 1.29 is 9.57 Å². The van der Waals surface area contributed by atoms with Gasteiger partial charge >= 0.3 is 0 Å². The SMILES string of the molecule is C=C(CC)COc1ccc(/C(C)=N/OC)cc1. The highest BCUT2D eigenvalue weighted by atomic mass is 16.6. The lowest BCUT2D eigenvalue weighted by Gasteiger charge is -2.07. The van der Waals surface area contributed by atoms with Crippen molar-refractivity contribution in [1.29, 1.82) is 0 Å². The molecule has 0 unspecified atom stereocenters. The van der Waals surface area contributed by atoms with E-state index < -0.39 is 0 Å². The Morgan fingerprint density at radius 1 is 1.29 bits per heavy atom. The molecule has 17 heavy (non-hydrogen) atoms. The molecular weight excluding hydrogens is 214 g/mol. The molecule has 3 heteroatoms. The van der Waals surface area contributed by atoms with Crippen molar-refractivity contribution >= 4 is 5.71 Å². The Morgan fingerprint density at radius 3 is 2.47 bits per heavy atom. The fourth-order valence-corrected chi connectivity index (χ4v) is 1.27. The summed E-state index contributed by atoms with van der Waals surface area (Å²) in [5.41, 5.74) is 2.96. The summed E-state index contributed by atoms with van der Waals surface area (Å²) < 4.78 is 5.58. The van der Waals surface area contributed by atoms with Gasteiger partial charge in [0.2, 0.25) is 0 Å². The van der Waals surface area contributed by atoms with E-state index in [0.29, 0.717) is 6.61 Å². The molecule has 0 radical (unpaired) electrons. The van der Waals surface area contributed by atoms with Gasteiger partial charge in [-0.15, -0.1) is 0 Å². The third kappa shape index (κ3) is 4.31. The molecule has 3 nitrogen and oxygen atoms in total. The van der Waals surface area contributed by atoms with E-state index in [2.05, 4.69) is 18.7 Å². The topological polar surface area (TPSA) is 30.8 Å². The van der Waals surface area contributed by atoms with Gasteiger partial charge in [-0.25, -0.2) is 0 Å². The maximum atomic E-state index is 5.58. The summed E-state index contributed by atoms with van der Waals surface area (Å²) in [5, 5.41) is 3.87. The van der Waals surface area contributed by atoms with Gasteiger partial charge in [-0.3, -0.25) is 0 Å². The number of hydrogen-bond acceptors (Lipinski definition) is 3. The molecule has 0 N–H and O–H groups in total. The number of hydrogen-bond donors (Lipinski definition) is 0. The van der Waals surface area contributed by atoms with Gasteiger partial charge in [-0.2, -0.15) is 0 Å². The van der Waals surface area contributed by atoms with E-state index in [1.54, 1.807) is 0 Å². The van der Waals surface area contributed by atoms with Crippen LogP contribution in [0.4, 0.5) is 0 Å². The van der Waals surface area contributed by atoms with Crippen LogP contribution in [0.25, 0.3) is 0 Å². The third-order valence-electron chi connectivity index (χ3n) is 2.44. The van der Waals surface area contributed by atoms with Crippen molar-refractivity contribution in [3.63, 3.8) is 0 Å². The van der Waals surface area contributed by atoms with Crippen molar-refractivity contribution in [3.05, 3.63) is 42.0 Å². The van der Waals surface area contributed by atoms with Gasteiger partial charge in [-0.05, 0) is 48.7 Å². The summed E-state index contributed by atoms with van der Waals surface area (Å²) in [6.45, 7) is 8.44. The van der Waals surface area contributed by atoms with Gasteiger partial charge in [0.05, 0.1) is 5.71 Å². The van der Waals surface area contributed by atoms with Gasteiger partial charge in [0.15, 0.2) is 0 Å². The quantitative estimate of drug-likeness (QED) is 0.428. The zero-order valence-electron chi connectivity index (χ0n) is 10.7. The van der Waals surface area contributed by atoms with Gasteiger partial charge in [0.25, 0.3) is 0 Å². The number of oxime groups is 1. The summed E-state index contributed by atoms with van der Waals surface area (Å²) in [6.07, 6.45) is 0.942. The summed E-state index contributed by atoms with van der Waals surface area (Å²) in [6, 6.07) is 7.77. The molecule has 0 fully saturated rings. The lowest BCUT2D eigenvalue weighted by Crippen LogP contribution is -2.00. The molecule has 0 spiro atoms. The third-order valence-corrected chi connectivity index (χ3v) is 2.44. The molecule has 92 valence electrons. The summed E-state index contributed by atoms with van der Waals surface area (Å²) >= 11 is 0. The second-order valence-electron chi connectivity index (χ2n) is 3.78. The first-order valence-electron chi connectivity index (χ1n) is 5.65. The molecule has 0 atom stereocenters. The number of rotatable bonds is 6. The molecule has 0 saturated heterocycles. The van der Waals surface area contributed by atoms with Gasteiger partial charge in [0.1, 0.15) is 19.5 Å². The minimum atomic E-state index is 0.570. The Bertz CT molecular complexity index is 393. The Morgan fingerprint density at radius 2 is 1.94 bits per heavy atom. The molecule has 0 aliphatic rings. The van der Waals surface area contributed by atoms with E-state index in [9.17, 15) is 0 Å². The largest absolute Gasteiger partial charge is 0.489 e. The van der Waals surface area contributed by atoms with Crippen molar-refractivity contribution in [2.45, 2.75) is 20.3 Å². The first-order chi connectivity index (χ1) is 8.17. The molecule has 1 rings (SSSR count). The molecule has 0 aliphatic heterocycles. The van der Waals surface area contributed by atoms with Crippen molar-refractivity contribution in [2.75, 3.05) is 13.7 Å². The van der Waals surface area contributed by atoms with E-state index in [0.717, 1.165) is 29.0 Å². The molecule has 1 aromatic carbocycles. The summed E-state index contributed by atoms with van der Waals surface area (Å²) in [7, 11) is 1.54. The summed E-state index contributed by atoms with van der Waals surface area (Å²) in [4.78, 5) is 4.73. The van der Waals surface area contributed by atoms with E-state index in [4.69, 9.17) is 9.57 Å². The number of ether oxygens (including phenoxy) is 1. The van der Waals surface area contributed by atoms with Crippen LogP contribution in [0.3, 0.4) is 0 Å². The highest BCUT2D eigenvalue weighted by molar-refractivity contribution is 5.98. The lowest BCUT2D eigenvalue weighted by atomic mass is 10.1. The van der Waals surface area contributed by atoms with Crippen LogP contribution in [0.15, 0.2) is 41.6 Å². The van der Waals surface area contributed by atoms with Crippen LogP contribution in [0.2, 0.25) is 0 Å². The number of nitrogens with zero attached hydrogens (tertiary/aromatic N) is 1. The second-order valence-corrected chi connectivity index (χ2v) is 3.78. The maximum absolute atomic E-state index is 5.58. The van der Waals surface area contributed by atoms with E-state index in [-0.39, 0.29) is 0 Å². The molecule has 0 aromatic heterocycles. The Labute approximate surface area is 103 Å². The Balaban J connectivity index is 2.62. The van der Waals surface area contributed by atoms with Crippen LogP contribution in [0.1, 0.15) is 25.8 Å². The smallest absolute Gasteiger partial charge is 0.119 e. The fourth-order valence-electron chi connectivity index (χ4n) is 1.27. The Kier molecular flexibility index (Phi) is 5.27. The van der Waals surface area contributed by atoms with E-state index in [1.807, 2.05) is 31.2 Å². The highest BCUT2D eigenvalue weighted by Gasteiger charge is 1.99. The van der Waals surface area contributed by atoms with Crippen molar-refractivity contribution in [3.8, 4) is 5.75 Å². The predicted octanol–water partition coefficient (Wildman–Crippen LogP) is 3.40. The molecular formula is C14H19NO2. The normalized spacial score (nSPS) is 11.1. The van der Waals surface area contributed by atoms with Crippen LogP contribution in [0, 0.1) is 0 Å². The fraction of sp³-hybridized carbons (Fsp3) is 0.357. The van der Waals surface area contributed by atoms with Crippen LogP contribution in [-0.4, -0.2) is 19.4 Å². The Hall–Kier alpha value is -1.77. The van der Waals surface area contributed by atoms with Gasteiger partial charge in [-0.1, -0.05) is 18.7 Å². The standard InChI is InChI=1S/C14H19NO2/c1-5-11(2)10-17-14-8-6-13(7-9-14)12(3)15-16-4/h6-9H,2,5,10H2,1,3-4H3/b15-12+. The van der Waals surface area contributed by atoms with Crippen LogP contribution in [-0.2, 0) is 4.84 Å². The minimum absolute atomic E-state index is 0.570. The molecule has 0 bridgehead atoms. The average molecular weight is 233 g/mol. The number of benzene rings is 1. The first kappa shape index (κ1) is 13.3. The average Bonchev–Trinajstić information content (AvgIpc) is 2.36. The van der Waals surface area contributed by atoms with Gasteiger partial charge < -0.3 is 9.57 Å². The molecule has 0 saturated carbocycles. The summed E-state index contributed by atoms with van der Waals surface area (Å²) in [5.74, 6) is 0.841. The van der Waals surface area contributed by atoms with Crippen molar-refractivity contribution in [1.82, 2.24) is 0 Å². The molecule has 0 aliphatic carbocycles. The predicted molar refractivity (Wildman–Crippen MR) is 70.6 cm³/mol. The zero-order valence-corrected chi connectivity index (χ0v) is 10.7. The van der Waals surface area contributed by atoms with E-state index in [1.165, 1.54) is 7.11 Å². The molecule has 0 heterocycles. The van der Waals surface area contributed by atoms with Crippen LogP contribution >= 0.6 is 0 Å². The lowest BCUT2D eigenvalue weighted by molar-refractivity contribution is 0.213. The monoisotopic (exact) mass is 233 g/mol. The highest BCUT2D eigenvalue weighted by Crippen LogP contribution is 2.14. The second kappa shape index (κ2) is 6.74. The van der Waals surface area contributed by atoms with Crippen molar-refractivity contribution in [2.24, 2.45) is 5.16 Å².